The van der Waals surface area contributed by atoms with Crippen LogP contribution in [0.25, 0.3) is 0 Å². The first-order valence-corrected chi connectivity index (χ1v) is 9.54. The predicted molar refractivity (Wildman–Crippen MR) is 110 cm³/mol. The van der Waals surface area contributed by atoms with Gasteiger partial charge < -0.3 is 9.94 Å². The van der Waals surface area contributed by atoms with Crippen LogP contribution >= 0.6 is 0 Å². The Morgan fingerprint density at radius 2 is 1.71 bits per heavy atom. The Balaban J connectivity index is 2.18. The van der Waals surface area contributed by atoms with E-state index in [1.807, 2.05) is 0 Å². The number of carboxylic acids is 1. The van der Waals surface area contributed by atoms with Gasteiger partial charge in [-0.15, -0.1) is 0 Å². The first-order chi connectivity index (χ1) is 13.1. The average Bonchev–Trinajstić information content (AvgIpc) is 2.64. The van der Waals surface area contributed by atoms with Crippen LogP contribution in [-0.4, -0.2) is 28.9 Å². The number of oxime groups is 1. The highest BCUT2D eigenvalue weighted by Gasteiger charge is 2.37. The van der Waals surface area contributed by atoms with Gasteiger partial charge in [0.05, 0.1) is 11.3 Å². The molecule has 1 aliphatic carbocycles. The molecule has 1 aromatic heterocycles. The first kappa shape index (κ1) is 20.1. The van der Waals surface area contributed by atoms with Gasteiger partial charge in [0.2, 0.25) is 0 Å². The Kier molecular flexibility index (Phi) is 5.04. The second-order valence-corrected chi connectivity index (χ2v) is 8.84. The van der Waals surface area contributed by atoms with Crippen LogP contribution in [-0.2, 0) is 15.7 Å². The molecule has 1 aliphatic rings. The molecule has 148 valence electrons. The number of hydrogen-bond acceptors (Lipinski definition) is 4. The molecule has 1 aromatic carbocycles. The molecule has 0 spiro atoms. The van der Waals surface area contributed by atoms with Crippen LogP contribution in [0, 0.1) is 6.92 Å². The number of aromatic carboxylic acids is 1. The Labute approximate surface area is 166 Å². The summed E-state index contributed by atoms with van der Waals surface area (Å²) in [5, 5.41) is 13.4. The molecule has 0 amide bonds. The molecule has 0 aliphatic heterocycles. The van der Waals surface area contributed by atoms with Gasteiger partial charge in [-0.3, -0.25) is 4.98 Å². The van der Waals surface area contributed by atoms with E-state index in [1.165, 1.54) is 30.5 Å². The Bertz CT molecular complexity index is 941. The maximum Gasteiger partial charge on any atom is 0.337 e. The van der Waals surface area contributed by atoms with Gasteiger partial charge in [0, 0.05) is 11.8 Å². The van der Waals surface area contributed by atoms with E-state index in [2.05, 4.69) is 56.9 Å². The molecular formula is C23H28N2O3. The molecule has 0 fully saturated rings. The molecular weight excluding hydrogens is 352 g/mol. The van der Waals surface area contributed by atoms with Crippen molar-refractivity contribution in [3.8, 4) is 0 Å². The highest BCUT2D eigenvalue weighted by atomic mass is 16.6. The van der Waals surface area contributed by atoms with Crippen molar-refractivity contribution in [3.63, 3.8) is 0 Å². The SMILES string of the molecule is CON=C(c1ccc(C(=O)O)cn1)c1cc2c(cc1C)C(C)(C)CCC2(C)C. The van der Waals surface area contributed by atoms with Crippen LogP contribution in [0.5, 0.6) is 0 Å². The Hall–Kier alpha value is -2.69. The summed E-state index contributed by atoms with van der Waals surface area (Å²) in [6.07, 6.45) is 3.63. The van der Waals surface area contributed by atoms with E-state index in [-0.39, 0.29) is 16.4 Å². The highest BCUT2D eigenvalue weighted by Crippen LogP contribution is 2.46. The van der Waals surface area contributed by atoms with Crippen molar-refractivity contribution in [1.29, 1.82) is 0 Å². The summed E-state index contributed by atoms with van der Waals surface area (Å²) in [5.41, 5.74) is 6.32. The van der Waals surface area contributed by atoms with Crippen LogP contribution in [0.3, 0.4) is 0 Å². The van der Waals surface area contributed by atoms with E-state index in [0.717, 1.165) is 24.0 Å². The van der Waals surface area contributed by atoms with Crippen LogP contribution in [0.15, 0.2) is 35.6 Å². The number of carboxylic acid groups (broad SMARTS) is 1. The number of rotatable bonds is 4. The van der Waals surface area contributed by atoms with Gasteiger partial charge in [0.1, 0.15) is 12.8 Å². The number of carbonyl (C=O) groups is 1. The van der Waals surface area contributed by atoms with Crippen molar-refractivity contribution in [2.45, 2.75) is 58.3 Å². The molecule has 0 saturated heterocycles. The summed E-state index contributed by atoms with van der Waals surface area (Å²) >= 11 is 0. The molecule has 1 N–H and O–H groups in total. The van der Waals surface area contributed by atoms with Crippen molar-refractivity contribution in [2.24, 2.45) is 5.16 Å². The lowest BCUT2D eigenvalue weighted by Gasteiger charge is -2.42. The fraction of sp³-hybridized carbons (Fsp3) is 0.435. The van der Waals surface area contributed by atoms with Crippen LogP contribution < -0.4 is 0 Å². The van der Waals surface area contributed by atoms with Crippen molar-refractivity contribution >= 4 is 11.7 Å². The summed E-state index contributed by atoms with van der Waals surface area (Å²) < 4.78 is 0. The molecule has 0 bridgehead atoms. The van der Waals surface area contributed by atoms with E-state index in [4.69, 9.17) is 9.94 Å². The van der Waals surface area contributed by atoms with E-state index in [0.29, 0.717) is 11.4 Å². The standard InChI is InChI=1S/C23H28N2O3/c1-14-11-17-18(23(4,5)10-9-22(17,2)3)12-16(14)20(25-28-6)19-8-7-15(13-24-19)21(26)27/h7-8,11-13H,9-10H2,1-6H3,(H,26,27). The summed E-state index contributed by atoms with van der Waals surface area (Å²) in [4.78, 5) is 20.6. The molecule has 28 heavy (non-hydrogen) atoms. The van der Waals surface area contributed by atoms with Gasteiger partial charge >= 0.3 is 5.97 Å². The largest absolute Gasteiger partial charge is 0.478 e. The monoisotopic (exact) mass is 380 g/mol. The predicted octanol–water partition coefficient (Wildman–Crippen LogP) is 4.84. The number of pyridine rings is 1. The molecule has 2 aromatic rings. The van der Waals surface area contributed by atoms with Gasteiger partial charge in [-0.25, -0.2) is 4.79 Å². The van der Waals surface area contributed by atoms with Crippen LogP contribution in [0.2, 0.25) is 0 Å². The number of nitrogens with zero attached hydrogens (tertiary/aromatic N) is 2. The molecule has 5 heteroatoms. The number of fused-ring (bicyclic) bond motifs is 1. The summed E-state index contributed by atoms with van der Waals surface area (Å²) in [6, 6.07) is 7.70. The number of aryl methyl sites for hydroxylation is 1. The molecule has 0 unspecified atom stereocenters. The zero-order valence-corrected chi connectivity index (χ0v) is 17.5. The molecule has 0 saturated carbocycles. The minimum atomic E-state index is -1.00. The Morgan fingerprint density at radius 1 is 1.11 bits per heavy atom. The van der Waals surface area contributed by atoms with E-state index in [1.54, 1.807) is 6.07 Å². The van der Waals surface area contributed by atoms with Crippen LogP contribution in [0.4, 0.5) is 0 Å². The average molecular weight is 380 g/mol. The fourth-order valence-electron chi connectivity index (χ4n) is 3.96. The number of aromatic nitrogens is 1. The Morgan fingerprint density at radius 3 is 2.21 bits per heavy atom. The van der Waals surface area contributed by atoms with Gasteiger partial charge in [-0.05, 0) is 65.5 Å². The normalized spacial score (nSPS) is 17.7. The summed E-state index contributed by atoms with van der Waals surface area (Å²) in [5.74, 6) is -1.00. The number of benzene rings is 1. The summed E-state index contributed by atoms with van der Waals surface area (Å²) in [6.45, 7) is 11.2. The second kappa shape index (κ2) is 7.04. The van der Waals surface area contributed by atoms with Crippen molar-refractivity contribution in [2.75, 3.05) is 7.11 Å². The first-order valence-electron chi connectivity index (χ1n) is 9.54. The third-order valence-corrected chi connectivity index (χ3v) is 5.89. The van der Waals surface area contributed by atoms with E-state index >= 15 is 0 Å². The van der Waals surface area contributed by atoms with E-state index < -0.39 is 5.97 Å². The second-order valence-electron chi connectivity index (χ2n) is 8.84. The van der Waals surface area contributed by atoms with Gasteiger partial charge in [-0.1, -0.05) is 38.9 Å². The topological polar surface area (TPSA) is 71.8 Å². The maximum atomic E-state index is 11.1. The minimum Gasteiger partial charge on any atom is -0.478 e. The van der Waals surface area contributed by atoms with Crippen LogP contribution in [0.1, 0.15) is 78.8 Å². The quantitative estimate of drug-likeness (QED) is 0.609. The van der Waals surface area contributed by atoms with Gasteiger partial charge in [0.15, 0.2) is 0 Å². The third kappa shape index (κ3) is 3.53. The van der Waals surface area contributed by atoms with Crippen molar-refractivity contribution < 1.29 is 14.7 Å². The lowest BCUT2D eigenvalue weighted by Crippen LogP contribution is -2.34. The molecule has 0 radical (unpaired) electrons. The maximum absolute atomic E-state index is 11.1. The van der Waals surface area contributed by atoms with Gasteiger partial charge in [-0.2, -0.15) is 0 Å². The number of hydrogen-bond donors (Lipinski definition) is 1. The highest BCUT2D eigenvalue weighted by molar-refractivity contribution is 6.12. The third-order valence-electron chi connectivity index (χ3n) is 5.89. The van der Waals surface area contributed by atoms with Crippen molar-refractivity contribution in [1.82, 2.24) is 4.98 Å². The van der Waals surface area contributed by atoms with E-state index in [9.17, 15) is 4.79 Å². The molecule has 1 heterocycles. The van der Waals surface area contributed by atoms with Gasteiger partial charge in [0.25, 0.3) is 0 Å². The molecule has 3 rings (SSSR count). The molecule has 0 atom stereocenters. The summed E-state index contributed by atoms with van der Waals surface area (Å²) in [7, 11) is 1.51. The molecule has 5 nitrogen and oxygen atoms in total. The smallest absolute Gasteiger partial charge is 0.337 e. The van der Waals surface area contributed by atoms with Crippen molar-refractivity contribution in [3.05, 3.63) is 64.0 Å². The zero-order valence-electron chi connectivity index (χ0n) is 17.5. The minimum absolute atomic E-state index is 0.0755. The lowest BCUT2D eigenvalue weighted by atomic mass is 9.62. The fourth-order valence-corrected chi connectivity index (χ4v) is 3.96. The lowest BCUT2D eigenvalue weighted by molar-refractivity contribution is 0.0696. The zero-order chi connectivity index (χ0) is 20.7.